The summed E-state index contributed by atoms with van der Waals surface area (Å²) < 4.78 is 0. The topological polar surface area (TPSA) is 76.4 Å². The summed E-state index contributed by atoms with van der Waals surface area (Å²) in [6.07, 6.45) is 2.94. The van der Waals surface area contributed by atoms with E-state index in [2.05, 4.69) is 23.5 Å². The van der Waals surface area contributed by atoms with E-state index in [-0.39, 0.29) is 24.4 Å². The monoisotopic (exact) mass is 340 g/mol. The number of nitrogens with zero attached hydrogens (tertiary/aromatic N) is 3. The van der Waals surface area contributed by atoms with Crippen molar-refractivity contribution in [2.75, 3.05) is 26.2 Å². The van der Waals surface area contributed by atoms with E-state index in [0.29, 0.717) is 26.1 Å². The Balaban J connectivity index is 1.39. The molecule has 0 radical (unpaired) electrons. The van der Waals surface area contributed by atoms with Crippen LogP contribution in [0.3, 0.4) is 0 Å². The maximum atomic E-state index is 12.4. The molecule has 0 aromatic heterocycles. The van der Waals surface area contributed by atoms with E-state index in [1.807, 2.05) is 17.0 Å². The van der Waals surface area contributed by atoms with Crippen molar-refractivity contribution in [2.45, 2.75) is 38.3 Å². The first kappa shape index (κ1) is 17.4. The van der Waals surface area contributed by atoms with E-state index in [1.165, 1.54) is 11.1 Å². The molecule has 2 amide bonds. The zero-order chi connectivity index (χ0) is 17.6. The van der Waals surface area contributed by atoms with Crippen LogP contribution >= 0.6 is 0 Å². The maximum absolute atomic E-state index is 12.4. The van der Waals surface area contributed by atoms with Gasteiger partial charge in [0.05, 0.1) is 12.6 Å². The Morgan fingerprint density at radius 3 is 2.80 bits per heavy atom. The molecule has 2 heterocycles. The van der Waals surface area contributed by atoms with Gasteiger partial charge in [0.25, 0.3) is 0 Å². The third kappa shape index (κ3) is 4.18. The van der Waals surface area contributed by atoms with Gasteiger partial charge in [-0.15, -0.1) is 0 Å². The molecule has 0 unspecified atom stereocenters. The molecule has 2 aliphatic rings. The van der Waals surface area contributed by atoms with Crippen LogP contribution in [0, 0.1) is 11.3 Å². The number of likely N-dealkylation sites (tertiary alicyclic amines) is 1. The second-order valence-corrected chi connectivity index (χ2v) is 6.64. The van der Waals surface area contributed by atoms with E-state index in [0.717, 1.165) is 25.8 Å². The predicted octanol–water partition coefficient (Wildman–Crippen LogP) is 1.07. The summed E-state index contributed by atoms with van der Waals surface area (Å²) in [4.78, 5) is 28.0. The highest BCUT2D eigenvalue weighted by Crippen LogP contribution is 2.19. The van der Waals surface area contributed by atoms with E-state index in [4.69, 9.17) is 5.26 Å². The highest BCUT2D eigenvalue weighted by atomic mass is 16.2. The van der Waals surface area contributed by atoms with E-state index < -0.39 is 0 Å². The number of nitrogens with one attached hydrogen (secondary N) is 1. The van der Waals surface area contributed by atoms with Gasteiger partial charge < -0.3 is 15.1 Å². The van der Waals surface area contributed by atoms with E-state index in [9.17, 15) is 9.59 Å². The Bertz CT molecular complexity index is 682. The molecule has 1 aromatic carbocycles. The molecule has 1 N–H and O–H groups in total. The van der Waals surface area contributed by atoms with Gasteiger partial charge in [0.1, 0.15) is 6.04 Å². The van der Waals surface area contributed by atoms with Crippen LogP contribution in [0.15, 0.2) is 24.3 Å². The lowest BCUT2D eigenvalue weighted by Gasteiger charge is -2.29. The van der Waals surface area contributed by atoms with Crippen molar-refractivity contribution in [3.05, 3.63) is 35.4 Å². The maximum Gasteiger partial charge on any atom is 0.237 e. The van der Waals surface area contributed by atoms with Crippen LogP contribution in [0.4, 0.5) is 0 Å². The Hall–Kier alpha value is -2.39. The smallest absolute Gasteiger partial charge is 0.237 e. The molecule has 1 atom stereocenters. The third-order valence-electron chi connectivity index (χ3n) is 5.00. The molecule has 1 fully saturated rings. The lowest BCUT2D eigenvalue weighted by molar-refractivity contribution is -0.133. The average molecular weight is 340 g/mol. The minimum atomic E-state index is -0.288. The number of carbonyl (C=O) groups is 2. The molecular formula is C19H24N4O2. The summed E-state index contributed by atoms with van der Waals surface area (Å²) >= 11 is 0. The van der Waals surface area contributed by atoms with Crippen LogP contribution in [0.5, 0.6) is 0 Å². The van der Waals surface area contributed by atoms with Gasteiger partial charge in [0.15, 0.2) is 0 Å². The third-order valence-corrected chi connectivity index (χ3v) is 5.00. The summed E-state index contributed by atoms with van der Waals surface area (Å²) in [6, 6.07) is 10.1. The standard InChI is InChI=1S/C19H24N4O2/c20-12-17-6-3-10-23(17)19(25)13-21-9-7-18(24)22-11-8-15-4-1-2-5-16(15)14-22/h1-2,4-5,17,21H,3,6-11,13-14H2/t17-/m0/s1. The van der Waals surface area contributed by atoms with Crippen LogP contribution < -0.4 is 5.32 Å². The summed E-state index contributed by atoms with van der Waals surface area (Å²) in [5, 5.41) is 12.1. The number of rotatable bonds is 5. The van der Waals surface area contributed by atoms with Gasteiger partial charge >= 0.3 is 0 Å². The van der Waals surface area contributed by atoms with Crippen molar-refractivity contribution in [3.63, 3.8) is 0 Å². The number of benzene rings is 1. The Morgan fingerprint density at radius 1 is 1.20 bits per heavy atom. The molecule has 0 spiro atoms. The van der Waals surface area contributed by atoms with Gasteiger partial charge in [-0.1, -0.05) is 24.3 Å². The molecule has 3 rings (SSSR count). The van der Waals surface area contributed by atoms with Crippen molar-refractivity contribution in [3.8, 4) is 6.07 Å². The first-order chi connectivity index (χ1) is 12.2. The number of carbonyl (C=O) groups excluding carboxylic acids is 2. The highest BCUT2D eigenvalue weighted by Gasteiger charge is 2.28. The molecular weight excluding hydrogens is 316 g/mol. The fraction of sp³-hybridized carbons (Fsp3) is 0.526. The fourth-order valence-electron chi connectivity index (χ4n) is 3.56. The predicted molar refractivity (Wildman–Crippen MR) is 93.4 cm³/mol. The van der Waals surface area contributed by atoms with Gasteiger partial charge in [0.2, 0.25) is 11.8 Å². The molecule has 0 bridgehead atoms. The number of nitriles is 1. The largest absolute Gasteiger partial charge is 0.338 e. The fourth-order valence-corrected chi connectivity index (χ4v) is 3.56. The molecule has 0 aliphatic carbocycles. The summed E-state index contributed by atoms with van der Waals surface area (Å²) in [6.45, 7) is 2.75. The highest BCUT2D eigenvalue weighted by molar-refractivity contribution is 5.79. The average Bonchev–Trinajstić information content (AvgIpc) is 3.13. The molecule has 0 saturated carbocycles. The van der Waals surface area contributed by atoms with Crippen molar-refractivity contribution >= 4 is 11.8 Å². The van der Waals surface area contributed by atoms with Gasteiger partial charge in [-0.2, -0.15) is 5.26 Å². The molecule has 25 heavy (non-hydrogen) atoms. The molecule has 6 heteroatoms. The second kappa shape index (κ2) is 8.13. The first-order valence-corrected chi connectivity index (χ1v) is 8.93. The van der Waals surface area contributed by atoms with Gasteiger partial charge in [0, 0.05) is 32.6 Å². The number of amides is 2. The molecule has 1 saturated heterocycles. The van der Waals surface area contributed by atoms with Crippen LogP contribution in [-0.2, 0) is 22.6 Å². The number of hydrogen-bond acceptors (Lipinski definition) is 4. The summed E-state index contributed by atoms with van der Waals surface area (Å²) in [5.74, 6) is 0.0638. The van der Waals surface area contributed by atoms with Crippen molar-refractivity contribution < 1.29 is 9.59 Å². The molecule has 1 aromatic rings. The van der Waals surface area contributed by atoms with Crippen LogP contribution in [0.2, 0.25) is 0 Å². The number of hydrogen-bond donors (Lipinski definition) is 1. The summed E-state index contributed by atoms with van der Waals surface area (Å²) in [5.41, 5.74) is 2.55. The minimum absolute atomic E-state index is 0.0524. The quantitative estimate of drug-likeness (QED) is 0.814. The molecule has 132 valence electrons. The van der Waals surface area contributed by atoms with Crippen molar-refractivity contribution in [2.24, 2.45) is 0 Å². The summed E-state index contributed by atoms with van der Waals surface area (Å²) in [7, 11) is 0. The van der Waals surface area contributed by atoms with E-state index >= 15 is 0 Å². The Labute approximate surface area is 148 Å². The lowest BCUT2D eigenvalue weighted by Crippen LogP contribution is -2.42. The normalized spacial score (nSPS) is 19.4. The van der Waals surface area contributed by atoms with Crippen LogP contribution in [-0.4, -0.2) is 53.8 Å². The minimum Gasteiger partial charge on any atom is -0.338 e. The van der Waals surface area contributed by atoms with Crippen molar-refractivity contribution in [1.29, 1.82) is 5.26 Å². The van der Waals surface area contributed by atoms with E-state index in [1.54, 1.807) is 4.90 Å². The molecule has 6 nitrogen and oxygen atoms in total. The van der Waals surface area contributed by atoms with Gasteiger partial charge in [-0.3, -0.25) is 9.59 Å². The zero-order valence-corrected chi connectivity index (χ0v) is 14.4. The Morgan fingerprint density at radius 2 is 2.00 bits per heavy atom. The zero-order valence-electron chi connectivity index (χ0n) is 14.4. The lowest BCUT2D eigenvalue weighted by atomic mass is 10.00. The number of fused-ring (bicyclic) bond motifs is 1. The molecule has 2 aliphatic heterocycles. The van der Waals surface area contributed by atoms with Crippen LogP contribution in [0.25, 0.3) is 0 Å². The van der Waals surface area contributed by atoms with Gasteiger partial charge in [-0.05, 0) is 30.4 Å². The second-order valence-electron chi connectivity index (χ2n) is 6.64. The van der Waals surface area contributed by atoms with Gasteiger partial charge in [-0.25, -0.2) is 0 Å². The Kier molecular flexibility index (Phi) is 5.67. The SMILES string of the molecule is N#C[C@@H]1CCCN1C(=O)CNCCC(=O)N1CCc2ccccc2C1. The van der Waals surface area contributed by atoms with Crippen molar-refractivity contribution in [1.82, 2.24) is 15.1 Å². The first-order valence-electron chi connectivity index (χ1n) is 8.93. The van der Waals surface area contributed by atoms with Crippen LogP contribution in [0.1, 0.15) is 30.4 Å².